The van der Waals surface area contributed by atoms with Crippen molar-refractivity contribution in [1.29, 1.82) is 0 Å². The molecule has 3 saturated carbocycles. The molecule has 0 radical (unpaired) electrons. The van der Waals surface area contributed by atoms with Gasteiger partial charge in [0.2, 0.25) is 5.91 Å². The Labute approximate surface area is 169 Å². The molecule has 8 atom stereocenters. The van der Waals surface area contributed by atoms with Gasteiger partial charge in [-0.3, -0.25) is 4.79 Å². The number of nitrogens with one attached hydrogen (secondary N) is 2. The Balaban J connectivity index is 1.57. The maximum absolute atomic E-state index is 12.2. The number of nitrogens with zero attached hydrogens (tertiary/aromatic N) is 1. The number of urea groups is 1. The van der Waals surface area contributed by atoms with Gasteiger partial charge < -0.3 is 15.5 Å². The molecule has 0 aromatic carbocycles. The molecule has 4 aliphatic rings. The Bertz CT molecular complexity index is 691. The molecule has 0 saturated heterocycles. The molecule has 3 fully saturated rings. The number of hydrogen-bond donors (Lipinski definition) is 2. The molecular weight excluding hydrogens is 350 g/mol. The fraction of sp³-hybridized carbons (Fsp3) is 0.826. The molecule has 5 heteroatoms. The third-order valence-corrected chi connectivity index (χ3v) is 9.39. The van der Waals surface area contributed by atoms with Gasteiger partial charge in [-0.15, -0.1) is 0 Å². The van der Waals surface area contributed by atoms with E-state index >= 15 is 0 Å². The van der Waals surface area contributed by atoms with Crippen LogP contribution < -0.4 is 10.6 Å². The topological polar surface area (TPSA) is 61.4 Å². The number of fused-ring (bicyclic) bond motifs is 5. The van der Waals surface area contributed by atoms with Crippen LogP contribution in [0.1, 0.15) is 59.3 Å². The zero-order valence-electron chi connectivity index (χ0n) is 18.1. The quantitative estimate of drug-likeness (QED) is 0.761. The van der Waals surface area contributed by atoms with Gasteiger partial charge >= 0.3 is 6.03 Å². The standard InChI is InChI=1S/C23H37N3O2/c1-14(25-21(28)24-4)16-7-8-17-15-6-9-19-23(3,13-11-20(27)26(19)5)18(15)10-12-22(16,17)2/h11,13-19H,6-10,12H2,1-5H3,(H2,24,25,28)/t14?,15-,16+,17-,18-,19?,22+,23+/m0/s1. The molecule has 3 amide bonds. The van der Waals surface area contributed by atoms with Crippen LogP contribution >= 0.6 is 0 Å². The number of hydrogen-bond acceptors (Lipinski definition) is 2. The first-order valence-corrected chi connectivity index (χ1v) is 11.2. The monoisotopic (exact) mass is 387 g/mol. The second-order valence-electron chi connectivity index (χ2n) is 10.4. The van der Waals surface area contributed by atoms with Gasteiger partial charge in [0.05, 0.1) is 0 Å². The Kier molecular flexibility index (Phi) is 4.79. The third kappa shape index (κ3) is 2.72. The highest BCUT2D eigenvalue weighted by atomic mass is 16.2. The molecular formula is C23H37N3O2. The summed E-state index contributed by atoms with van der Waals surface area (Å²) in [7, 11) is 3.67. The number of carbonyl (C=O) groups is 2. The zero-order valence-corrected chi connectivity index (χ0v) is 18.1. The molecule has 28 heavy (non-hydrogen) atoms. The summed E-state index contributed by atoms with van der Waals surface area (Å²) in [6, 6.07) is 0.486. The summed E-state index contributed by atoms with van der Waals surface area (Å²) in [5.74, 6) is 2.85. The van der Waals surface area contributed by atoms with Crippen LogP contribution in [0.5, 0.6) is 0 Å². The van der Waals surface area contributed by atoms with E-state index in [0.29, 0.717) is 23.3 Å². The van der Waals surface area contributed by atoms with Crippen molar-refractivity contribution >= 4 is 11.9 Å². The summed E-state index contributed by atoms with van der Waals surface area (Å²) in [4.78, 5) is 26.1. The van der Waals surface area contributed by atoms with Gasteiger partial charge in [0.25, 0.3) is 0 Å². The maximum Gasteiger partial charge on any atom is 0.314 e. The summed E-state index contributed by atoms with van der Waals surface area (Å²) < 4.78 is 0. The van der Waals surface area contributed by atoms with Gasteiger partial charge in [0, 0.05) is 31.6 Å². The van der Waals surface area contributed by atoms with E-state index in [1.807, 2.05) is 18.0 Å². The van der Waals surface area contributed by atoms with Crippen LogP contribution in [0.4, 0.5) is 4.79 Å². The van der Waals surface area contributed by atoms with Gasteiger partial charge in [0.1, 0.15) is 0 Å². The summed E-state index contributed by atoms with van der Waals surface area (Å²) in [5.41, 5.74) is 0.419. The predicted molar refractivity (Wildman–Crippen MR) is 111 cm³/mol. The zero-order chi connectivity index (χ0) is 20.3. The van der Waals surface area contributed by atoms with Gasteiger partial charge in [-0.25, -0.2) is 4.79 Å². The molecule has 3 aliphatic carbocycles. The van der Waals surface area contributed by atoms with Crippen molar-refractivity contribution in [3.63, 3.8) is 0 Å². The average Bonchev–Trinajstić information content (AvgIpc) is 3.02. The summed E-state index contributed by atoms with van der Waals surface area (Å²) >= 11 is 0. The number of likely N-dealkylation sites (N-methyl/N-ethyl adjacent to an activating group) is 1. The highest BCUT2D eigenvalue weighted by Gasteiger charge is 2.60. The fourth-order valence-corrected chi connectivity index (χ4v) is 7.98. The molecule has 0 aromatic heterocycles. The molecule has 0 spiro atoms. The van der Waals surface area contributed by atoms with Crippen molar-refractivity contribution in [1.82, 2.24) is 15.5 Å². The lowest BCUT2D eigenvalue weighted by molar-refractivity contribution is -0.139. The smallest absolute Gasteiger partial charge is 0.314 e. The SMILES string of the molecule is CNC(=O)NC(C)[C@H]1CC[C@H]2[C@@H]3CCC4N(C)C(=O)C=C[C@]4(C)[C@H]3CC[C@]12C. The molecule has 1 heterocycles. The highest BCUT2D eigenvalue weighted by Crippen LogP contribution is 2.65. The van der Waals surface area contributed by atoms with Crippen LogP contribution in [-0.4, -0.2) is 43.0 Å². The van der Waals surface area contributed by atoms with E-state index in [2.05, 4.69) is 37.5 Å². The van der Waals surface area contributed by atoms with E-state index < -0.39 is 0 Å². The van der Waals surface area contributed by atoms with Crippen molar-refractivity contribution < 1.29 is 9.59 Å². The fourth-order valence-electron chi connectivity index (χ4n) is 7.98. The molecule has 1 aliphatic heterocycles. The molecule has 4 rings (SSSR count). The van der Waals surface area contributed by atoms with E-state index in [4.69, 9.17) is 0 Å². The molecule has 0 bridgehead atoms. The Morgan fingerprint density at radius 2 is 1.93 bits per heavy atom. The van der Waals surface area contributed by atoms with Crippen molar-refractivity contribution in [3.8, 4) is 0 Å². The molecule has 156 valence electrons. The molecule has 0 aromatic rings. The van der Waals surface area contributed by atoms with Crippen LogP contribution in [-0.2, 0) is 4.79 Å². The predicted octanol–water partition coefficient (Wildman–Crippen LogP) is 3.56. The van der Waals surface area contributed by atoms with Crippen LogP contribution in [0.3, 0.4) is 0 Å². The summed E-state index contributed by atoms with van der Waals surface area (Å²) in [6.07, 6.45) is 11.4. The minimum Gasteiger partial charge on any atom is -0.341 e. The van der Waals surface area contributed by atoms with Crippen LogP contribution in [0, 0.1) is 34.5 Å². The first kappa shape index (κ1) is 19.8. The minimum atomic E-state index is -0.0682. The van der Waals surface area contributed by atoms with Crippen LogP contribution in [0.25, 0.3) is 0 Å². The number of rotatable bonds is 2. The lowest BCUT2D eigenvalue weighted by atomic mass is 9.47. The Hall–Kier alpha value is -1.52. The first-order valence-electron chi connectivity index (χ1n) is 11.2. The summed E-state index contributed by atoms with van der Waals surface area (Å²) in [5, 5.41) is 5.86. The van der Waals surface area contributed by atoms with E-state index in [0.717, 1.165) is 18.3 Å². The van der Waals surface area contributed by atoms with Crippen LogP contribution in [0.2, 0.25) is 0 Å². The first-order chi connectivity index (χ1) is 13.2. The van der Waals surface area contributed by atoms with Gasteiger partial charge in [-0.05, 0) is 80.6 Å². The molecule has 2 unspecified atom stereocenters. The van der Waals surface area contributed by atoms with Crippen molar-refractivity contribution in [3.05, 3.63) is 12.2 Å². The lowest BCUT2D eigenvalue weighted by Crippen LogP contribution is -2.60. The molecule has 2 N–H and O–H groups in total. The normalized spacial score (nSPS) is 45.7. The Morgan fingerprint density at radius 3 is 2.64 bits per heavy atom. The highest BCUT2D eigenvalue weighted by molar-refractivity contribution is 5.89. The lowest BCUT2D eigenvalue weighted by Gasteiger charge is -2.60. The second-order valence-corrected chi connectivity index (χ2v) is 10.4. The summed E-state index contributed by atoms with van der Waals surface area (Å²) in [6.45, 7) is 7.08. The average molecular weight is 388 g/mol. The van der Waals surface area contributed by atoms with Crippen molar-refractivity contribution in [2.24, 2.45) is 34.5 Å². The Morgan fingerprint density at radius 1 is 1.18 bits per heavy atom. The van der Waals surface area contributed by atoms with E-state index in [1.165, 1.54) is 32.1 Å². The number of carbonyl (C=O) groups excluding carboxylic acids is 2. The largest absolute Gasteiger partial charge is 0.341 e. The minimum absolute atomic E-state index is 0.0682. The van der Waals surface area contributed by atoms with Crippen LogP contribution in [0.15, 0.2) is 12.2 Å². The maximum atomic E-state index is 12.2. The van der Waals surface area contributed by atoms with E-state index in [-0.39, 0.29) is 23.4 Å². The van der Waals surface area contributed by atoms with Crippen molar-refractivity contribution in [2.75, 3.05) is 14.1 Å². The van der Waals surface area contributed by atoms with Crippen molar-refractivity contribution in [2.45, 2.75) is 71.4 Å². The van der Waals surface area contributed by atoms with Gasteiger partial charge in [0.15, 0.2) is 0 Å². The van der Waals surface area contributed by atoms with Gasteiger partial charge in [-0.1, -0.05) is 19.9 Å². The van der Waals surface area contributed by atoms with E-state index in [9.17, 15) is 9.59 Å². The van der Waals surface area contributed by atoms with E-state index in [1.54, 1.807) is 7.05 Å². The third-order valence-electron chi connectivity index (χ3n) is 9.39. The number of amides is 3. The molecule has 5 nitrogen and oxygen atoms in total. The van der Waals surface area contributed by atoms with Gasteiger partial charge in [-0.2, -0.15) is 0 Å². The second kappa shape index (κ2) is 6.77.